The molecule has 0 saturated carbocycles. The Kier molecular flexibility index (Phi) is 3.56. The van der Waals surface area contributed by atoms with Crippen molar-refractivity contribution in [3.05, 3.63) is 48.3 Å². The molecule has 0 unspecified atom stereocenters. The summed E-state index contributed by atoms with van der Waals surface area (Å²) in [4.78, 5) is 3.72. The number of hydrogen-bond acceptors (Lipinski definition) is 3. The van der Waals surface area contributed by atoms with Gasteiger partial charge in [0.05, 0.1) is 10.5 Å². The van der Waals surface area contributed by atoms with Gasteiger partial charge in [0.25, 0.3) is 0 Å². The molecule has 0 aliphatic rings. The first-order valence-corrected chi connectivity index (χ1v) is 7.40. The van der Waals surface area contributed by atoms with E-state index in [9.17, 15) is 21.6 Å². The number of hydrogen-bond donors (Lipinski definition) is 0. The lowest BCUT2D eigenvalue weighted by atomic mass is 10.1. The fourth-order valence-corrected chi connectivity index (χ4v) is 2.59. The van der Waals surface area contributed by atoms with Gasteiger partial charge in [0.15, 0.2) is 9.84 Å². The maximum absolute atomic E-state index is 12.5. The number of alkyl halides is 3. The van der Waals surface area contributed by atoms with E-state index < -0.39 is 21.6 Å². The van der Waals surface area contributed by atoms with Crippen molar-refractivity contribution in [1.82, 2.24) is 4.98 Å². The molecule has 0 amide bonds. The predicted octanol–water partition coefficient (Wildman–Crippen LogP) is 3.17. The van der Waals surface area contributed by atoms with E-state index in [-0.39, 0.29) is 4.90 Å². The summed E-state index contributed by atoms with van der Waals surface area (Å²) in [6.07, 6.45) is -0.821. The highest BCUT2D eigenvalue weighted by Gasteiger charge is 2.30. The van der Waals surface area contributed by atoms with Gasteiger partial charge in [-0.15, -0.1) is 0 Å². The molecule has 0 aliphatic heterocycles. The molecule has 2 aromatic rings. The third kappa shape index (κ3) is 2.98. The zero-order valence-corrected chi connectivity index (χ0v) is 11.2. The van der Waals surface area contributed by atoms with Crippen molar-refractivity contribution >= 4 is 9.84 Å². The highest BCUT2D eigenvalue weighted by atomic mass is 32.2. The molecule has 2 rings (SSSR count). The monoisotopic (exact) mass is 301 g/mol. The van der Waals surface area contributed by atoms with Gasteiger partial charge >= 0.3 is 6.18 Å². The second kappa shape index (κ2) is 4.90. The largest absolute Gasteiger partial charge is 0.416 e. The van der Waals surface area contributed by atoms with E-state index in [1.54, 1.807) is 0 Å². The van der Waals surface area contributed by atoms with Gasteiger partial charge in [-0.3, -0.25) is 4.98 Å². The van der Waals surface area contributed by atoms with Crippen LogP contribution in [0.25, 0.3) is 11.1 Å². The molecule has 0 bridgehead atoms. The number of sulfone groups is 1. The van der Waals surface area contributed by atoms with Crippen LogP contribution in [0.15, 0.2) is 47.6 Å². The lowest BCUT2D eigenvalue weighted by Crippen LogP contribution is -2.04. The Labute approximate surface area is 114 Å². The molecule has 0 fully saturated rings. The van der Waals surface area contributed by atoms with Crippen LogP contribution in [-0.4, -0.2) is 19.7 Å². The van der Waals surface area contributed by atoms with Crippen LogP contribution < -0.4 is 0 Å². The normalized spacial score (nSPS) is 12.4. The maximum atomic E-state index is 12.5. The first-order chi connectivity index (χ1) is 9.19. The lowest BCUT2D eigenvalue weighted by Gasteiger charge is -2.10. The fourth-order valence-electron chi connectivity index (χ4n) is 1.75. The third-order valence-corrected chi connectivity index (χ3v) is 3.83. The summed E-state index contributed by atoms with van der Waals surface area (Å²) >= 11 is 0. The van der Waals surface area contributed by atoms with Gasteiger partial charge in [-0.1, -0.05) is 12.1 Å². The molecule has 3 nitrogen and oxygen atoms in total. The molecule has 0 spiro atoms. The summed E-state index contributed by atoms with van der Waals surface area (Å²) in [7, 11) is -3.50. The number of aromatic nitrogens is 1. The first-order valence-electron chi connectivity index (χ1n) is 5.51. The Bertz CT molecular complexity index is 722. The van der Waals surface area contributed by atoms with E-state index in [2.05, 4.69) is 4.98 Å². The van der Waals surface area contributed by atoms with Crippen molar-refractivity contribution in [1.29, 1.82) is 0 Å². The van der Waals surface area contributed by atoms with Gasteiger partial charge < -0.3 is 0 Å². The van der Waals surface area contributed by atoms with Crippen LogP contribution in [-0.2, 0) is 16.0 Å². The van der Waals surface area contributed by atoms with E-state index >= 15 is 0 Å². The second-order valence-corrected chi connectivity index (χ2v) is 6.20. The zero-order chi connectivity index (χ0) is 15.0. The number of benzene rings is 1. The SMILES string of the molecule is CS(=O)(=O)c1cnccc1-c1ccc(C(F)(F)F)cc1. The molecule has 0 atom stereocenters. The smallest absolute Gasteiger partial charge is 0.263 e. The van der Waals surface area contributed by atoms with Crippen LogP contribution in [0.1, 0.15) is 5.56 Å². The first kappa shape index (κ1) is 14.5. The minimum absolute atomic E-state index is 0.0141. The summed E-state index contributed by atoms with van der Waals surface area (Å²) in [5.74, 6) is 0. The second-order valence-electron chi connectivity index (χ2n) is 4.22. The molecule has 20 heavy (non-hydrogen) atoms. The zero-order valence-electron chi connectivity index (χ0n) is 10.3. The standard InChI is InChI=1S/C13H10F3NO2S/c1-20(18,19)12-8-17-7-6-11(12)9-2-4-10(5-3-9)13(14,15)16/h2-8H,1H3. The molecule has 106 valence electrons. The molecule has 0 N–H and O–H groups in total. The van der Waals surface area contributed by atoms with Crippen molar-refractivity contribution in [2.24, 2.45) is 0 Å². The molecular weight excluding hydrogens is 291 g/mol. The van der Waals surface area contributed by atoms with Crippen molar-refractivity contribution in [2.45, 2.75) is 11.1 Å². The molecule has 0 radical (unpaired) electrons. The van der Waals surface area contributed by atoms with Gasteiger partial charge in [0, 0.05) is 24.2 Å². The van der Waals surface area contributed by atoms with E-state index in [0.29, 0.717) is 11.1 Å². The van der Waals surface area contributed by atoms with Crippen LogP contribution in [0, 0.1) is 0 Å². The Balaban J connectivity index is 2.54. The predicted molar refractivity (Wildman–Crippen MR) is 67.8 cm³/mol. The number of rotatable bonds is 2. The van der Waals surface area contributed by atoms with Crippen LogP contribution >= 0.6 is 0 Å². The average molecular weight is 301 g/mol. The summed E-state index contributed by atoms with van der Waals surface area (Å²) in [6, 6.07) is 5.78. The van der Waals surface area contributed by atoms with Gasteiger partial charge in [0.1, 0.15) is 0 Å². The molecular formula is C13H10F3NO2S. The van der Waals surface area contributed by atoms with E-state index in [1.165, 1.54) is 30.6 Å². The minimum atomic E-state index is -4.42. The lowest BCUT2D eigenvalue weighted by molar-refractivity contribution is -0.137. The Morgan fingerprint density at radius 2 is 1.65 bits per heavy atom. The van der Waals surface area contributed by atoms with Crippen LogP contribution in [0.4, 0.5) is 13.2 Å². The maximum Gasteiger partial charge on any atom is 0.416 e. The average Bonchev–Trinajstić information content (AvgIpc) is 2.37. The van der Waals surface area contributed by atoms with Crippen LogP contribution in [0.5, 0.6) is 0 Å². The number of halogens is 3. The minimum Gasteiger partial charge on any atom is -0.263 e. The Hall–Kier alpha value is -1.89. The van der Waals surface area contributed by atoms with Crippen molar-refractivity contribution in [2.75, 3.05) is 6.26 Å². The van der Waals surface area contributed by atoms with Crippen molar-refractivity contribution in [3.8, 4) is 11.1 Å². The molecule has 1 aromatic heterocycles. The van der Waals surface area contributed by atoms with Gasteiger partial charge in [-0.05, 0) is 23.8 Å². The summed E-state index contributed by atoms with van der Waals surface area (Å²) in [5, 5.41) is 0. The summed E-state index contributed by atoms with van der Waals surface area (Å²) < 4.78 is 60.7. The topological polar surface area (TPSA) is 47.0 Å². The summed E-state index contributed by atoms with van der Waals surface area (Å²) in [5.41, 5.74) is -0.0618. The number of nitrogens with zero attached hydrogens (tertiary/aromatic N) is 1. The third-order valence-electron chi connectivity index (χ3n) is 2.71. The molecule has 1 heterocycles. The van der Waals surface area contributed by atoms with Gasteiger partial charge in [0.2, 0.25) is 0 Å². The van der Waals surface area contributed by atoms with Gasteiger partial charge in [-0.2, -0.15) is 13.2 Å². The Morgan fingerprint density at radius 3 is 2.15 bits per heavy atom. The highest BCUT2D eigenvalue weighted by molar-refractivity contribution is 7.90. The van der Waals surface area contributed by atoms with Crippen molar-refractivity contribution < 1.29 is 21.6 Å². The number of pyridine rings is 1. The van der Waals surface area contributed by atoms with Crippen LogP contribution in [0.2, 0.25) is 0 Å². The highest BCUT2D eigenvalue weighted by Crippen LogP contribution is 2.32. The molecule has 7 heteroatoms. The van der Waals surface area contributed by atoms with E-state index in [0.717, 1.165) is 18.4 Å². The quantitative estimate of drug-likeness (QED) is 0.856. The molecule has 0 aliphatic carbocycles. The molecule has 1 aromatic carbocycles. The van der Waals surface area contributed by atoms with Crippen molar-refractivity contribution in [3.63, 3.8) is 0 Å². The van der Waals surface area contributed by atoms with Gasteiger partial charge in [-0.25, -0.2) is 8.42 Å². The van der Waals surface area contributed by atoms with E-state index in [1.807, 2.05) is 0 Å². The van der Waals surface area contributed by atoms with E-state index in [4.69, 9.17) is 0 Å². The summed E-state index contributed by atoms with van der Waals surface area (Å²) in [6.45, 7) is 0. The Morgan fingerprint density at radius 1 is 1.05 bits per heavy atom. The van der Waals surface area contributed by atoms with Crippen LogP contribution in [0.3, 0.4) is 0 Å². The fraction of sp³-hybridized carbons (Fsp3) is 0.154. The molecule has 0 saturated heterocycles.